The number of nitrogens with zero attached hydrogens (tertiary/aromatic N) is 2. The highest BCUT2D eigenvalue weighted by molar-refractivity contribution is 6.32. The molecule has 6 heteroatoms. The van der Waals surface area contributed by atoms with Gasteiger partial charge in [-0.15, -0.1) is 0 Å². The van der Waals surface area contributed by atoms with E-state index in [2.05, 4.69) is 15.3 Å². The summed E-state index contributed by atoms with van der Waals surface area (Å²) in [4.78, 5) is 7.86. The first-order valence-electron chi connectivity index (χ1n) is 5.36. The van der Waals surface area contributed by atoms with E-state index in [1.807, 2.05) is 31.2 Å². The first-order chi connectivity index (χ1) is 8.58. The molecule has 1 aromatic heterocycles. The van der Waals surface area contributed by atoms with E-state index in [0.29, 0.717) is 16.5 Å². The van der Waals surface area contributed by atoms with Crippen LogP contribution < -0.4 is 11.1 Å². The second kappa shape index (κ2) is 5.42. The summed E-state index contributed by atoms with van der Waals surface area (Å²) in [6.45, 7) is 1.99. The zero-order valence-electron chi connectivity index (χ0n) is 9.69. The molecule has 1 unspecified atom stereocenters. The van der Waals surface area contributed by atoms with E-state index < -0.39 is 0 Å². The second-order valence-corrected chi connectivity index (χ2v) is 4.64. The average molecular weight is 283 g/mol. The third-order valence-electron chi connectivity index (χ3n) is 2.54. The fraction of sp³-hybridized carbons (Fsp3) is 0.167. The molecule has 0 radical (unpaired) electrons. The van der Waals surface area contributed by atoms with Crippen molar-refractivity contribution in [1.29, 1.82) is 0 Å². The summed E-state index contributed by atoms with van der Waals surface area (Å²) >= 11 is 11.8. The zero-order valence-corrected chi connectivity index (χ0v) is 11.2. The van der Waals surface area contributed by atoms with Gasteiger partial charge in [0.15, 0.2) is 11.0 Å². The van der Waals surface area contributed by atoms with E-state index in [1.165, 1.54) is 6.33 Å². The van der Waals surface area contributed by atoms with Crippen LogP contribution >= 0.6 is 23.2 Å². The van der Waals surface area contributed by atoms with Gasteiger partial charge < -0.3 is 11.1 Å². The Kier molecular flexibility index (Phi) is 3.89. The van der Waals surface area contributed by atoms with Crippen LogP contribution in [0, 0.1) is 0 Å². The van der Waals surface area contributed by atoms with Crippen LogP contribution in [0.15, 0.2) is 30.6 Å². The fourth-order valence-corrected chi connectivity index (χ4v) is 1.89. The van der Waals surface area contributed by atoms with Crippen molar-refractivity contribution in [2.45, 2.75) is 13.0 Å². The van der Waals surface area contributed by atoms with Crippen LogP contribution in [-0.4, -0.2) is 9.97 Å². The standard InChI is InChI=1S/C12H12Cl2N4/c1-7(8-3-2-4-9(13)5-8)18-12-10(15)11(14)16-6-17-12/h2-7H,15H2,1H3,(H,16,17,18). The molecule has 0 aliphatic rings. The molecule has 0 spiro atoms. The summed E-state index contributed by atoms with van der Waals surface area (Å²) in [6.07, 6.45) is 1.37. The summed E-state index contributed by atoms with van der Waals surface area (Å²) in [7, 11) is 0. The van der Waals surface area contributed by atoms with Crippen LogP contribution in [0.3, 0.4) is 0 Å². The Morgan fingerprint density at radius 3 is 2.78 bits per heavy atom. The van der Waals surface area contributed by atoms with E-state index in [0.717, 1.165) is 5.56 Å². The molecule has 1 atom stereocenters. The van der Waals surface area contributed by atoms with Gasteiger partial charge in [0, 0.05) is 5.02 Å². The minimum absolute atomic E-state index is 0.0111. The molecule has 0 fully saturated rings. The van der Waals surface area contributed by atoms with Gasteiger partial charge in [-0.1, -0.05) is 35.3 Å². The van der Waals surface area contributed by atoms with E-state index in [1.54, 1.807) is 0 Å². The van der Waals surface area contributed by atoms with Gasteiger partial charge in [-0.3, -0.25) is 0 Å². The number of aromatic nitrogens is 2. The lowest BCUT2D eigenvalue weighted by molar-refractivity contribution is 0.873. The van der Waals surface area contributed by atoms with Gasteiger partial charge >= 0.3 is 0 Å². The predicted molar refractivity (Wildman–Crippen MR) is 74.9 cm³/mol. The van der Waals surface area contributed by atoms with Crippen molar-refractivity contribution in [2.24, 2.45) is 0 Å². The van der Waals surface area contributed by atoms with E-state index in [-0.39, 0.29) is 11.2 Å². The molecule has 0 bridgehead atoms. The Morgan fingerprint density at radius 1 is 1.28 bits per heavy atom. The van der Waals surface area contributed by atoms with Crippen molar-refractivity contribution < 1.29 is 0 Å². The summed E-state index contributed by atoms with van der Waals surface area (Å²) in [6, 6.07) is 7.60. The Balaban J connectivity index is 2.21. The number of nitrogen functional groups attached to an aromatic ring is 1. The van der Waals surface area contributed by atoms with Gasteiger partial charge in [0.1, 0.15) is 12.0 Å². The third kappa shape index (κ3) is 2.83. The largest absolute Gasteiger partial charge is 0.393 e. The summed E-state index contributed by atoms with van der Waals surface area (Å²) < 4.78 is 0. The molecule has 2 rings (SSSR count). The first kappa shape index (κ1) is 12.9. The molecule has 1 heterocycles. The lowest BCUT2D eigenvalue weighted by Gasteiger charge is -2.16. The lowest BCUT2D eigenvalue weighted by Crippen LogP contribution is -2.10. The smallest absolute Gasteiger partial charge is 0.157 e. The maximum atomic E-state index is 5.95. The summed E-state index contributed by atoms with van der Waals surface area (Å²) in [5, 5.41) is 4.11. The summed E-state index contributed by atoms with van der Waals surface area (Å²) in [5.41, 5.74) is 7.17. The number of nitrogens with two attached hydrogens (primary N) is 1. The van der Waals surface area contributed by atoms with Crippen molar-refractivity contribution in [2.75, 3.05) is 11.1 Å². The second-order valence-electron chi connectivity index (χ2n) is 3.85. The number of hydrogen-bond acceptors (Lipinski definition) is 4. The van der Waals surface area contributed by atoms with E-state index in [4.69, 9.17) is 28.9 Å². The molecule has 4 nitrogen and oxygen atoms in total. The maximum absolute atomic E-state index is 5.95. The average Bonchev–Trinajstić information content (AvgIpc) is 2.35. The lowest BCUT2D eigenvalue weighted by atomic mass is 10.1. The molecular weight excluding hydrogens is 271 g/mol. The Hall–Kier alpha value is -1.52. The molecule has 2 aromatic rings. The minimum Gasteiger partial charge on any atom is -0.393 e. The molecule has 3 N–H and O–H groups in total. The van der Waals surface area contributed by atoms with Crippen molar-refractivity contribution in [3.63, 3.8) is 0 Å². The highest BCUT2D eigenvalue weighted by Gasteiger charge is 2.10. The minimum atomic E-state index is 0.0111. The van der Waals surface area contributed by atoms with Gasteiger partial charge in [0.25, 0.3) is 0 Å². The SMILES string of the molecule is CC(Nc1ncnc(Cl)c1N)c1cccc(Cl)c1. The molecule has 0 aliphatic heterocycles. The van der Waals surface area contributed by atoms with Crippen LogP contribution in [0.1, 0.15) is 18.5 Å². The predicted octanol–water partition coefficient (Wildman–Crippen LogP) is 3.54. The quantitative estimate of drug-likeness (QED) is 0.846. The van der Waals surface area contributed by atoms with Gasteiger partial charge in [0.05, 0.1) is 6.04 Å². The monoisotopic (exact) mass is 282 g/mol. The van der Waals surface area contributed by atoms with E-state index in [9.17, 15) is 0 Å². The van der Waals surface area contributed by atoms with Crippen molar-refractivity contribution in [3.8, 4) is 0 Å². The molecule has 0 aliphatic carbocycles. The number of hydrogen-bond donors (Lipinski definition) is 2. The third-order valence-corrected chi connectivity index (χ3v) is 3.07. The number of benzene rings is 1. The molecule has 0 saturated carbocycles. The Bertz CT molecular complexity index is 560. The summed E-state index contributed by atoms with van der Waals surface area (Å²) in [5.74, 6) is 0.516. The molecular formula is C12H12Cl2N4. The molecule has 18 heavy (non-hydrogen) atoms. The van der Waals surface area contributed by atoms with Gasteiger partial charge in [-0.05, 0) is 24.6 Å². The topological polar surface area (TPSA) is 63.8 Å². The normalized spacial score (nSPS) is 12.2. The van der Waals surface area contributed by atoms with Crippen molar-refractivity contribution >= 4 is 34.7 Å². The molecule has 0 saturated heterocycles. The fourth-order valence-electron chi connectivity index (χ4n) is 1.55. The molecule has 94 valence electrons. The van der Waals surface area contributed by atoms with Gasteiger partial charge in [-0.2, -0.15) is 0 Å². The molecule has 0 amide bonds. The highest BCUT2D eigenvalue weighted by Crippen LogP contribution is 2.26. The van der Waals surface area contributed by atoms with Gasteiger partial charge in [-0.25, -0.2) is 9.97 Å². The van der Waals surface area contributed by atoms with E-state index >= 15 is 0 Å². The van der Waals surface area contributed by atoms with Crippen LogP contribution in [0.2, 0.25) is 10.2 Å². The van der Waals surface area contributed by atoms with Crippen LogP contribution in [0.5, 0.6) is 0 Å². The zero-order chi connectivity index (χ0) is 13.1. The first-order valence-corrected chi connectivity index (χ1v) is 6.11. The molecule has 1 aromatic carbocycles. The number of nitrogens with one attached hydrogen (secondary N) is 1. The van der Waals surface area contributed by atoms with Crippen LogP contribution in [0.25, 0.3) is 0 Å². The van der Waals surface area contributed by atoms with Crippen molar-refractivity contribution in [1.82, 2.24) is 9.97 Å². The highest BCUT2D eigenvalue weighted by atomic mass is 35.5. The number of rotatable bonds is 3. The van der Waals surface area contributed by atoms with Crippen LogP contribution in [0.4, 0.5) is 11.5 Å². The van der Waals surface area contributed by atoms with Gasteiger partial charge in [0.2, 0.25) is 0 Å². The number of anilines is 2. The Labute approximate surface area is 115 Å². The maximum Gasteiger partial charge on any atom is 0.157 e. The van der Waals surface area contributed by atoms with Crippen LogP contribution in [-0.2, 0) is 0 Å². The number of halogens is 2. The Morgan fingerprint density at radius 2 is 2.06 bits per heavy atom. The van der Waals surface area contributed by atoms with Crippen molar-refractivity contribution in [3.05, 3.63) is 46.3 Å².